The van der Waals surface area contributed by atoms with Crippen molar-refractivity contribution in [2.75, 3.05) is 81.9 Å². The molecule has 8 heterocycles. The topological polar surface area (TPSA) is 174 Å². The van der Waals surface area contributed by atoms with Gasteiger partial charge in [0, 0.05) is 99.8 Å². The van der Waals surface area contributed by atoms with Crippen LogP contribution in [0.15, 0.2) is 57.9 Å². The fourth-order valence-corrected chi connectivity index (χ4v) is 13.6. The van der Waals surface area contributed by atoms with Gasteiger partial charge in [-0.3, -0.25) is 29.4 Å². The van der Waals surface area contributed by atoms with E-state index in [1.165, 1.54) is 42.4 Å². The minimum atomic E-state index is -0.761. The van der Waals surface area contributed by atoms with Crippen LogP contribution in [0.4, 0.5) is 20.3 Å². The number of aromatic hydroxyl groups is 1. The molecule has 2 aliphatic carbocycles. The van der Waals surface area contributed by atoms with E-state index in [4.69, 9.17) is 19.1 Å². The van der Waals surface area contributed by atoms with Crippen LogP contribution >= 0.6 is 0 Å². The lowest BCUT2D eigenvalue weighted by Gasteiger charge is -2.54. The number of piperazine rings is 2. The van der Waals surface area contributed by atoms with E-state index in [1.54, 1.807) is 18.3 Å². The van der Waals surface area contributed by atoms with Crippen molar-refractivity contribution in [3.05, 3.63) is 76.4 Å². The molecule has 3 unspecified atom stereocenters. The number of oxazole rings is 1. The Morgan fingerprint density at radius 3 is 2.40 bits per heavy atom. The summed E-state index contributed by atoms with van der Waals surface area (Å²) in [6, 6.07) is 11.8. The molecule has 382 valence electrons. The van der Waals surface area contributed by atoms with E-state index in [0.717, 1.165) is 96.8 Å². The average molecular weight is 997 g/mol. The minimum absolute atomic E-state index is 0.00412. The van der Waals surface area contributed by atoms with E-state index in [9.17, 15) is 19.5 Å². The summed E-state index contributed by atoms with van der Waals surface area (Å²) in [7, 11) is 0. The predicted octanol–water partition coefficient (Wildman–Crippen LogP) is 6.69. The fourth-order valence-electron chi connectivity index (χ4n) is 13.6. The fraction of sp³-hybridized carbons (Fsp3) is 0.527. The Morgan fingerprint density at radius 1 is 0.877 bits per heavy atom. The molecule has 6 aromatic rings. The summed E-state index contributed by atoms with van der Waals surface area (Å²) in [6.07, 6.45) is 11.7. The predicted molar refractivity (Wildman–Crippen MR) is 272 cm³/mol. The molecule has 2 bridgehead atoms. The number of carbonyl (C=O) groups excluding carboxylic acids is 2. The SMILES string of the molecule is CCc1c(F)ccc2cc(O)cc(-c3ncc4c(N5CC6CCC(C5)N6)nc(OCC5(CN6CCC7(CC6)CC(CN6CCN(c8ccc9c(c8)oc(=O)n9C8CCC(=O)NC8=O)CC6)C7)CC5)nc4c3F)c12. The summed E-state index contributed by atoms with van der Waals surface area (Å²) < 4.78 is 45.9. The number of pyridine rings is 1. The first-order valence-electron chi connectivity index (χ1n) is 26.5. The Bertz CT molecular complexity index is 3230. The Morgan fingerprint density at radius 2 is 1.66 bits per heavy atom. The van der Waals surface area contributed by atoms with E-state index in [-0.39, 0.29) is 53.0 Å². The number of nitrogens with zero attached hydrogens (tertiary/aromatic N) is 8. The lowest BCUT2D eigenvalue weighted by Crippen LogP contribution is -2.53. The van der Waals surface area contributed by atoms with Crippen molar-refractivity contribution in [3.8, 4) is 23.0 Å². The maximum atomic E-state index is 17.2. The highest BCUT2D eigenvalue weighted by Gasteiger charge is 2.50. The van der Waals surface area contributed by atoms with Gasteiger partial charge < -0.3 is 34.3 Å². The van der Waals surface area contributed by atoms with Gasteiger partial charge in [0.2, 0.25) is 11.8 Å². The number of hydrogen-bond donors (Lipinski definition) is 3. The first-order valence-corrected chi connectivity index (χ1v) is 26.5. The van der Waals surface area contributed by atoms with Gasteiger partial charge in [-0.25, -0.2) is 13.6 Å². The van der Waals surface area contributed by atoms with Crippen LogP contribution in [0.5, 0.6) is 11.8 Å². The number of carbonyl (C=O) groups is 2. The summed E-state index contributed by atoms with van der Waals surface area (Å²) in [6.45, 7) is 11.7. The van der Waals surface area contributed by atoms with Crippen LogP contribution in [0.25, 0.3) is 44.0 Å². The van der Waals surface area contributed by atoms with Crippen LogP contribution in [0.3, 0.4) is 0 Å². The number of ether oxygens (including phenoxy) is 1. The number of halogens is 2. The zero-order valence-electron chi connectivity index (χ0n) is 41.3. The van der Waals surface area contributed by atoms with Crippen LogP contribution in [0.1, 0.15) is 82.7 Å². The van der Waals surface area contributed by atoms with Crippen molar-refractivity contribution in [1.82, 2.24) is 40.0 Å². The van der Waals surface area contributed by atoms with Crippen LogP contribution < -0.4 is 30.9 Å². The van der Waals surface area contributed by atoms with Crippen molar-refractivity contribution in [2.45, 2.75) is 95.7 Å². The van der Waals surface area contributed by atoms with Crippen LogP contribution in [-0.2, 0) is 16.0 Å². The molecule has 7 fully saturated rings. The number of aryl methyl sites for hydroxylation is 1. The van der Waals surface area contributed by atoms with E-state index >= 15 is 8.78 Å². The highest BCUT2D eigenvalue weighted by Crippen LogP contribution is 2.54. The largest absolute Gasteiger partial charge is 0.508 e. The molecule has 73 heavy (non-hydrogen) atoms. The Balaban J connectivity index is 0.634. The molecule has 5 saturated heterocycles. The monoisotopic (exact) mass is 996 g/mol. The van der Waals surface area contributed by atoms with Crippen molar-refractivity contribution in [3.63, 3.8) is 0 Å². The lowest BCUT2D eigenvalue weighted by atomic mass is 9.57. The normalized spacial score (nSPS) is 24.2. The molecule has 2 amide bonds. The van der Waals surface area contributed by atoms with Gasteiger partial charge in [0.15, 0.2) is 11.4 Å². The molecule has 13 rings (SSSR count). The summed E-state index contributed by atoms with van der Waals surface area (Å²) in [5, 5.41) is 18.4. The van der Waals surface area contributed by atoms with E-state index < -0.39 is 23.5 Å². The van der Waals surface area contributed by atoms with Crippen molar-refractivity contribution in [2.24, 2.45) is 16.7 Å². The molecule has 3 aromatic heterocycles. The quantitative estimate of drug-likeness (QED) is 0.111. The summed E-state index contributed by atoms with van der Waals surface area (Å²) in [5.41, 5.74) is 3.26. The van der Waals surface area contributed by atoms with Crippen molar-refractivity contribution in [1.29, 1.82) is 0 Å². The number of nitrogens with one attached hydrogen (secondary N) is 2. The van der Waals surface area contributed by atoms with Gasteiger partial charge >= 0.3 is 11.8 Å². The number of rotatable bonds is 12. The number of likely N-dealkylation sites (tertiary alicyclic amines) is 1. The molecule has 3 N–H and O–H groups in total. The van der Waals surface area contributed by atoms with Crippen molar-refractivity contribution < 1.29 is 32.6 Å². The third kappa shape index (κ3) is 8.56. The highest BCUT2D eigenvalue weighted by molar-refractivity contribution is 6.02. The van der Waals surface area contributed by atoms with Gasteiger partial charge in [0.1, 0.15) is 34.6 Å². The van der Waals surface area contributed by atoms with Gasteiger partial charge in [-0.1, -0.05) is 13.0 Å². The smallest absolute Gasteiger partial charge is 0.420 e. The highest BCUT2D eigenvalue weighted by atomic mass is 19.1. The molecule has 16 nitrogen and oxygen atoms in total. The average Bonchev–Trinajstić information content (AvgIpc) is 3.95. The molecule has 2 saturated carbocycles. The third-order valence-corrected chi connectivity index (χ3v) is 17.7. The summed E-state index contributed by atoms with van der Waals surface area (Å²) in [4.78, 5) is 61.3. The van der Waals surface area contributed by atoms with Crippen LogP contribution in [-0.4, -0.2) is 130 Å². The second-order valence-corrected chi connectivity index (χ2v) is 22.5. The first kappa shape index (κ1) is 46.5. The number of phenols is 1. The van der Waals surface area contributed by atoms with Crippen molar-refractivity contribution >= 4 is 56.1 Å². The number of fused-ring (bicyclic) bond motifs is 5. The Labute approximate surface area is 421 Å². The van der Waals surface area contributed by atoms with E-state index in [1.807, 2.05) is 25.1 Å². The maximum absolute atomic E-state index is 17.2. The number of piperidine rings is 2. The molecule has 7 aliphatic rings. The molecule has 3 atom stereocenters. The number of aromatic nitrogens is 4. The van der Waals surface area contributed by atoms with Crippen LogP contribution in [0, 0.1) is 28.4 Å². The molecular weight excluding hydrogens is 935 g/mol. The zero-order chi connectivity index (χ0) is 49.8. The number of anilines is 2. The number of amides is 2. The molecule has 3 aromatic carbocycles. The minimum Gasteiger partial charge on any atom is -0.508 e. The number of benzene rings is 3. The van der Waals surface area contributed by atoms with E-state index in [0.29, 0.717) is 80.6 Å². The number of imide groups is 1. The molecule has 18 heteroatoms. The standard InChI is InChI=1S/C55H62F2N10O6/c1-2-38-41(56)7-3-33-21-37(68)23-39(46(33)38)48-47(57)49-40(26-58-48)50(66-28-34-4-5-35(29-66)59-34)62-52(61-49)72-31-55(11-12-55)30-64-15-13-54(14-16-64)24-32(25-54)27-63-17-19-65(20-18-63)36-6-8-42-44(22-36)73-53(71)67(42)43-9-10-45(69)60-51(43)70/h3,6-8,21-23,26,32,34-35,43,59,68H,2,4-5,9-20,24-25,27-31H2,1H3,(H,60,69,70). The van der Waals surface area contributed by atoms with Gasteiger partial charge in [-0.05, 0) is 135 Å². The molecular formula is C55H62F2N10O6. The summed E-state index contributed by atoms with van der Waals surface area (Å²) in [5.74, 6) is -1.17. The van der Waals surface area contributed by atoms with Gasteiger partial charge in [-0.2, -0.15) is 9.97 Å². The van der Waals surface area contributed by atoms with E-state index in [2.05, 4.69) is 35.2 Å². The third-order valence-electron chi connectivity index (χ3n) is 17.7. The molecule has 1 spiro atoms. The van der Waals surface area contributed by atoms with Crippen LogP contribution in [0.2, 0.25) is 0 Å². The summed E-state index contributed by atoms with van der Waals surface area (Å²) >= 11 is 0. The molecule has 0 radical (unpaired) electrons. The van der Waals surface area contributed by atoms with Gasteiger partial charge in [0.25, 0.3) is 0 Å². The Kier molecular flexibility index (Phi) is 11.5. The number of phenolic OH excluding ortho intramolecular Hbond substituents is 1. The second-order valence-electron chi connectivity index (χ2n) is 22.5. The number of hydrogen-bond acceptors (Lipinski definition) is 14. The lowest BCUT2D eigenvalue weighted by molar-refractivity contribution is -0.135. The zero-order valence-corrected chi connectivity index (χ0v) is 41.3. The first-order chi connectivity index (χ1) is 35.4. The molecule has 5 aliphatic heterocycles. The Hall–Kier alpha value is -6.24. The second kappa shape index (κ2) is 18.0. The maximum Gasteiger partial charge on any atom is 0.420 e. The van der Waals surface area contributed by atoms with Gasteiger partial charge in [0.05, 0.1) is 17.5 Å². The van der Waals surface area contributed by atoms with Gasteiger partial charge in [-0.15, -0.1) is 0 Å².